The fraction of sp³-hybridized carbons (Fsp3) is 0.882. The number of ether oxygens (including phenoxy) is 2. The van der Waals surface area contributed by atoms with Crippen molar-refractivity contribution >= 4 is 12.1 Å². The molecule has 0 bridgehead atoms. The fourth-order valence-corrected chi connectivity index (χ4v) is 2.95. The van der Waals surface area contributed by atoms with Crippen molar-refractivity contribution in [3.8, 4) is 0 Å². The predicted octanol–water partition coefficient (Wildman–Crippen LogP) is 3.73. The van der Waals surface area contributed by atoms with Gasteiger partial charge >= 0.3 is 12.1 Å². The SMILES string of the molecule is CC(C)(C)OC(=O)N(CCCCOCC(=O)O)[C@H]1CC[C@@H](N=[N+]=[N-])CC1. The standard InChI is InChI=1S/C17H30N4O5/c1-17(2,3)26-16(24)21(10-4-5-11-25-12-15(22)23)14-8-6-13(7-9-14)19-20-18/h13-14H,4-12H2,1-3H3,(H,22,23)/t13-,14+. The van der Waals surface area contributed by atoms with Gasteiger partial charge in [-0.3, -0.25) is 0 Å². The van der Waals surface area contributed by atoms with Crippen molar-refractivity contribution in [3.05, 3.63) is 10.4 Å². The first-order chi connectivity index (χ1) is 12.2. The van der Waals surface area contributed by atoms with Gasteiger partial charge in [0.2, 0.25) is 0 Å². The summed E-state index contributed by atoms with van der Waals surface area (Å²) in [5.41, 5.74) is 7.99. The van der Waals surface area contributed by atoms with Crippen LogP contribution in [-0.4, -0.2) is 59.5 Å². The molecule has 0 spiro atoms. The molecule has 1 saturated carbocycles. The Hall–Kier alpha value is -1.99. The summed E-state index contributed by atoms with van der Waals surface area (Å²) in [6, 6.07) is 0.0658. The number of carboxylic acid groups (broad SMARTS) is 1. The Morgan fingerprint density at radius 3 is 2.42 bits per heavy atom. The van der Waals surface area contributed by atoms with Gasteiger partial charge in [0.05, 0.1) is 0 Å². The van der Waals surface area contributed by atoms with Gasteiger partial charge in [-0.25, -0.2) is 9.59 Å². The van der Waals surface area contributed by atoms with Crippen molar-refractivity contribution in [1.82, 2.24) is 4.90 Å². The van der Waals surface area contributed by atoms with Crippen LogP contribution in [0.25, 0.3) is 10.4 Å². The molecule has 9 nitrogen and oxygen atoms in total. The summed E-state index contributed by atoms with van der Waals surface area (Å²) in [4.78, 5) is 27.6. The third kappa shape index (κ3) is 8.92. The first kappa shape index (κ1) is 22.1. The summed E-state index contributed by atoms with van der Waals surface area (Å²) in [5.74, 6) is -0.989. The second kappa shape index (κ2) is 10.9. The maximum Gasteiger partial charge on any atom is 0.410 e. The van der Waals surface area contributed by atoms with Crippen molar-refractivity contribution in [2.45, 2.75) is 77.0 Å². The van der Waals surface area contributed by atoms with Crippen LogP contribution in [0.15, 0.2) is 5.11 Å². The minimum absolute atomic E-state index is 0.00107. The topological polar surface area (TPSA) is 125 Å². The highest BCUT2D eigenvalue weighted by molar-refractivity contribution is 5.68. The number of carbonyl (C=O) groups excluding carboxylic acids is 1. The third-order valence-corrected chi connectivity index (χ3v) is 4.11. The average molecular weight is 370 g/mol. The highest BCUT2D eigenvalue weighted by Gasteiger charge is 2.31. The van der Waals surface area contributed by atoms with Gasteiger partial charge in [-0.2, -0.15) is 0 Å². The second-order valence-electron chi connectivity index (χ2n) is 7.49. The van der Waals surface area contributed by atoms with Crippen LogP contribution < -0.4 is 0 Å². The highest BCUT2D eigenvalue weighted by Crippen LogP contribution is 2.27. The summed E-state index contributed by atoms with van der Waals surface area (Å²) >= 11 is 0. The van der Waals surface area contributed by atoms with Crippen LogP contribution in [0, 0.1) is 0 Å². The van der Waals surface area contributed by atoms with E-state index in [1.54, 1.807) is 4.90 Å². The zero-order valence-electron chi connectivity index (χ0n) is 15.9. The second-order valence-corrected chi connectivity index (χ2v) is 7.49. The molecule has 1 rings (SSSR count). The molecule has 0 aromatic rings. The smallest absolute Gasteiger partial charge is 0.410 e. The number of aliphatic carboxylic acids is 1. The normalized spacial score (nSPS) is 20.1. The van der Waals surface area contributed by atoms with Gasteiger partial charge in [-0.05, 0) is 64.8 Å². The first-order valence-electron chi connectivity index (χ1n) is 9.06. The summed E-state index contributed by atoms with van der Waals surface area (Å²) in [6.45, 7) is 6.07. The van der Waals surface area contributed by atoms with E-state index < -0.39 is 11.6 Å². The van der Waals surface area contributed by atoms with Crippen molar-refractivity contribution in [3.63, 3.8) is 0 Å². The van der Waals surface area contributed by atoms with E-state index in [1.165, 1.54) is 0 Å². The molecular formula is C17H30N4O5. The molecule has 9 heteroatoms. The predicted molar refractivity (Wildman–Crippen MR) is 95.8 cm³/mol. The van der Waals surface area contributed by atoms with Gasteiger partial charge in [0.25, 0.3) is 0 Å². The van der Waals surface area contributed by atoms with Crippen LogP contribution in [0.1, 0.15) is 59.3 Å². The number of carboxylic acids is 1. The Morgan fingerprint density at radius 1 is 1.23 bits per heavy atom. The van der Waals surface area contributed by atoms with Gasteiger partial charge in [0, 0.05) is 30.1 Å². The largest absolute Gasteiger partial charge is 0.480 e. The van der Waals surface area contributed by atoms with Crippen LogP contribution in [-0.2, 0) is 14.3 Å². The molecule has 0 aliphatic heterocycles. The molecule has 0 aromatic heterocycles. The number of hydrogen-bond acceptors (Lipinski definition) is 5. The molecular weight excluding hydrogens is 340 g/mol. The number of carbonyl (C=O) groups is 2. The summed E-state index contributed by atoms with van der Waals surface area (Å²) < 4.78 is 10.6. The van der Waals surface area contributed by atoms with Crippen molar-refractivity contribution in [1.29, 1.82) is 0 Å². The quantitative estimate of drug-likeness (QED) is 0.286. The van der Waals surface area contributed by atoms with E-state index in [0.717, 1.165) is 25.7 Å². The van der Waals surface area contributed by atoms with Crippen LogP contribution in [0.5, 0.6) is 0 Å². The number of unbranched alkanes of at least 4 members (excludes halogenated alkanes) is 1. The van der Waals surface area contributed by atoms with Crippen molar-refractivity contribution in [2.75, 3.05) is 19.8 Å². The molecule has 26 heavy (non-hydrogen) atoms. The maximum atomic E-state index is 12.6. The Balaban J connectivity index is 2.55. The van der Waals surface area contributed by atoms with E-state index in [2.05, 4.69) is 10.0 Å². The molecule has 1 fully saturated rings. The Morgan fingerprint density at radius 2 is 1.88 bits per heavy atom. The van der Waals surface area contributed by atoms with Gasteiger partial charge < -0.3 is 19.5 Å². The molecule has 0 unspecified atom stereocenters. The average Bonchev–Trinajstić information content (AvgIpc) is 2.53. The summed E-state index contributed by atoms with van der Waals surface area (Å²) in [5, 5.41) is 12.3. The van der Waals surface area contributed by atoms with E-state index >= 15 is 0 Å². The van der Waals surface area contributed by atoms with Gasteiger partial charge in [0.15, 0.2) is 0 Å². The molecule has 1 amide bonds. The lowest BCUT2D eigenvalue weighted by atomic mass is 9.90. The van der Waals surface area contributed by atoms with E-state index in [-0.39, 0.29) is 24.8 Å². The number of rotatable bonds is 9. The van der Waals surface area contributed by atoms with E-state index in [9.17, 15) is 9.59 Å². The monoisotopic (exact) mass is 370 g/mol. The number of azide groups is 1. The Bertz CT molecular complexity index is 506. The minimum atomic E-state index is -0.989. The van der Waals surface area contributed by atoms with Crippen LogP contribution in [0.4, 0.5) is 4.79 Å². The molecule has 1 N–H and O–H groups in total. The van der Waals surface area contributed by atoms with E-state index in [1.807, 2.05) is 20.8 Å². The van der Waals surface area contributed by atoms with Crippen LogP contribution in [0.3, 0.4) is 0 Å². The van der Waals surface area contributed by atoms with Crippen molar-refractivity contribution < 1.29 is 24.2 Å². The first-order valence-corrected chi connectivity index (χ1v) is 9.06. The summed E-state index contributed by atoms with van der Waals surface area (Å²) in [7, 11) is 0. The number of hydrogen-bond donors (Lipinski definition) is 1. The molecule has 0 heterocycles. The Labute approximate surface area is 154 Å². The van der Waals surface area contributed by atoms with Gasteiger partial charge in [-0.15, -0.1) is 0 Å². The maximum absolute atomic E-state index is 12.6. The highest BCUT2D eigenvalue weighted by atomic mass is 16.6. The fourth-order valence-electron chi connectivity index (χ4n) is 2.95. The lowest BCUT2D eigenvalue weighted by Crippen LogP contribution is -2.45. The van der Waals surface area contributed by atoms with E-state index in [4.69, 9.17) is 20.1 Å². The van der Waals surface area contributed by atoms with Crippen LogP contribution >= 0.6 is 0 Å². The van der Waals surface area contributed by atoms with Crippen molar-refractivity contribution in [2.24, 2.45) is 5.11 Å². The third-order valence-electron chi connectivity index (χ3n) is 4.11. The zero-order chi connectivity index (χ0) is 19.6. The van der Waals surface area contributed by atoms with Gasteiger partial charge in [-0.1, -0.05) is 5.11 Å². The molecule has 0 atom stereocenters. The van der Waals surface area contributed by atoms with Gasteiger partial charge in [0.1, 0.15) is 12.2 Å². The minimum Gasteiger partial charge on any atom is -0.480 e. The number of amides is 1. The van der Waals surface area contributed by atoms with Crippen LogP contribution in [0.2, 0.25) is 0 Å². The molecule has 0 radical (unpaired) electrons. The molecule has 1 aliphatic carbocycles. The molecule has 1 aliphatic rings. The Kier molecular flexibility index (Phi) is 9.23. The zero-order valence-corrected chi connectivity index (χ0v) is 15.9. The molecule has 148 valence electrons. The number of nitrogens with zero attached hydrogens (tertiary/aromatic N) is 4. The van der Waals surface area contributed by atoms with E-state index in [0.29, 0.717) is 26.0 Å². The summed E-state index contributed by atoms with van der Waals surface area (Å²) in [6.07, 6.45) is 4.11. The lowest BCUT2D eigenvalue weighted by molar-refractivity contribution is -0.142. The lowest BCUT2D eigenvalue weighted by Gasteiger charge is -2.37. The molecule has 0 aromatic carbocycles. The molecule has 0 saturated heterocycles.